The van der Waals surface area contributed by atoms with Crippen LogP contribution in [0.1, 0.15) is 19.3 Å². The molecule has 0 heterocycles. The molecule has 0 spiro atoms. The normalized spacial score (nSPS) is 22.6. The maximum absolute atomic E-state index is 10.2. The second-order valence-corrected chi connectivity index (χ2v) is 2.51. The molecule has 0 aliphatic heterocycles. The Morgan fingerprint density at radius 1 is 1.62 bits per heavy atom. The molecule has 1 aliphatic carbocycles. The molecule has 4 N–H and O–H groups in total. The van der Waals surface area contributed by atoms with E-state index in [9.17, 15) is 4.79 Å². The van der Waals surface area contributed by atoms with Crippen LogP contribution in [0.3, 0.4) is 0 Å². The third-order valence-electron chi connectivity index (χ3n) is 1.42. The van der Waals surface area contributed by atoms with Gasteiger partial charge in [-0.1, -0.05) is 0 Å². The first-order valence-corrected chi connectivity index (χ1v) is 2.70. The van der Waals surface area contributed by atoms with Crippen LogP contribution in [0.15, 0.2) is 0 Å². The van der Waals surface area contributed by atoms with Gasteiger partial charge in [0.05, 0.1) is 0 Å². The summed E-state index contributed by atoms with van der Waals surface area (Å²) in [6.07, 6.45) is 2.26. The van der Waals surface area contributed by atoms with Gasteiger partial charge < -0.3 is 11.5 Å². The fourth-order valence-corrected chi connectivity index (χ4v) is 0.684. The molecule has 0 aromatic rings. The van der Waals surface area contributed by atoms with E-state index in [0.29, 0.717) is 6.42 Å². The Morgan fingerprint density at radius 3 is 2.25 bits per heavy atom. The number of rotatable bonds is 2. The van der Waals surface area contributed by atoms with Crippen molar-refractivity contribution >= 4 is 5.91 Å². The van der Waals surface area contributed by atoms with Crippen LogP contribution >= 0.6 is 0 Å². The lowest BCUT2D eigenvalue weighted by Gasteiger charge is -2.01. The van der Waals surface area contributed by atoms with E-state index >= 15 is 0 Å². The van der Waals surface area contributed by atoms with Crippen LogP contribution in [0.5, 0.6) is 0 Å². The van der Waals surface area contributed by atoms with Crippen molar-refractivity contribution in [1.82, 2.24) is 0 Å². The number of hydrogen-bond acceptors (Lipinski definition) is 2. The van der Waals surface area contributed by atoms with Crippen LogP contribution in [0, 0.1) is 0 Å². The summed E-state index contributed by atoms with van der Waals surface area (Å²) >= 11 is 0. The minimum atomic E-state index is -0.287. The summed E-state index contributed by atoms with van der Waals surface area (Å²) < 4.78 is 0. The second kappa shape index (κ2) is 1.45. The molecule has 1 saturated carbocycles. The molecule has 0 aromatic heterocycles. The van der Waals surface area contributed by atoms with Crippen LogP contribution in [0.25, 0.3) is 0 Å². The van der Waals surface area contributed by atoms with Gasteiger partial charge >= 0.3 is 0 Å². The number of amides is 1. The fraction of sp³-hybridized carbons (Fsp3) is 0.800. The Balaban J connectivity index is 2.29. The Labute approximate surface area is 48.0 Å². The van der Waals surface area contributed by atoms with E-state index < -0.39 is 0 Å². The van der Waals surface area contributed by atoms with E-state index in [1.54, 1.807) is 0 Å². The molecule has 1 rings (SSSR count). The number of nitrogens with two attached hydrogens (primary N) is 2. The molecule has 0 radical (unpaired) electrons. The van der Waals surface area contributed by atoms with E-state index in [1.807, 2.05) is 0 Å². The molecule has 1 fully saturated rings. The summed E-state index contributed by atoms with van der Waals surface area (Å²) in [7, 11) is 0. The van der Waals surface area contributed by atoms with Crippen molar-refractivity contribution in [2.75, 3.05) is 0 Å². The number of primary amides is 1. The predicted molar refractivity (Wildman–Crippen MR) is 30.0 cm³/mol. The Kier molecular flexibility index (Phi) is 1.01. The molecule has 0 unspecified atom stereocenters. The zero-order chi connectivity index (χ0) is 6.20. The molecule has 3 nitrogen and oxygen atoms in total. The maximum Gasteiger partial charge on any atom is 0.219 e. The van der Waals surface area contributed by atoms with E-state index in [-0.39, 0.29) is 11.4 Å². The summed E-state index contributed by atoms with van der Waals surface area (Å²) in [4.78, 5) is 10.2. The van der Waals surface area contributed by atoms with Crippen molar-refractivity contribution < 1.29 is 4.79 Å². The molecule has 1 aliphatic rings. The summed E-state index contributed by atoms with van der Waals surface area (Å²) in [5.74, 6) is -0.287. The highest BCUT2D eigenvalue weighted by Crippen LogP contribution is 2.34. The quantitative estimate of drug-likeness (QED) is 0.501. The van der Waals surface area contributed by atoms with Crippen LogP contribution in [0.2, 0.25) is 0 Å². The lowest BCUT2D eigenvalue weighted by atomic mass is 10.2. The molecular weight excluding hydrogens is 104 g/mol. The summed E-state index contributed by atoms with van der Waals surface area (Å²) in [6.45, 7) is 0. The average Bonchev–Trinajstić information content (AvgIpc) is 2.17. The van der Waals surface area contributed by atoms with Crippen LogP contribution in [0.4, 0.5) is 0 Å². The van der Waals surface area contributed by atoms with Crippen LogP contribution in [-0.4, -0.2) is 11.4 Å². The van der Waals surface area contributed by atoms with Crippen molar-refractivity contribution in [2.24, 2.45) is 11.5 Å². The van der Waals surface area contributed by atoms with Gasteiger partial charge in [0, 0.05) is 12.0 Å². The van der Waals surface area contributed by atoms with Gasteiger partial charge in [-0.2, -0.15) is 0 Å². The third kappa shape index (κ3) is 1.20. The SMILES string of the molecule is NC(=O)CC1(N)CC1. The molecular formula is C5H10N2O. The largest absolute Gasteiger partial charge is 0.370 e. The van der Waals surface area contributed by atoms with Gasteiger partial charge in [0.2, 0.25) is 5.91 Å². The molecule has 1 amide bonds. The zero-order valence-corrected chi connectivity index (χ0v) is 4.68. The van der Waals surface area contributed by atoms with Crippen molar-refractivity contribution in [2.45, 2.75) is 24.8 Å². The lowest BCUT2D eigenvalue weighted by Crippen LogP contribution is -2.28. The first-order chi connectivity index (χ1) is 3.62. The van der Waals surface area contributed by atoms with Crippen LogP contribution in [-0.2, 0) is 4.79 Å². The first kappa shape index (κ1) is 5.56. The van der Waals surface area contributed by atoms with Gasteiger partial charge in [-0.15, -0.1) is 0 Å². The summed E-state index contributed by atoms with van der Waals surface area (Å²) in [5.41, 5.74) is 10.2. The van der Waals surface area contributed by atoms with Gasteiger partial charge in [0.15, 0.2) is 0 Å². The van der Waals surface area contributed by atoms with Crippen LogP contribution < -0.4 is 11.5 Å². The van der Waals surface area contributed by atoms with Crippen molar-refractivity contribution in [3.8, 4) is 0 Å². The van der Waals surface area contributed by atoms with Crippen molar-refractivity contribution in [3.63, 3.8) is 0 Å². The van der Waals surface area contributed by atoms with Gasteiger partial charge in [-0.05, 0) is 12.8 Å². The Hall–Kier alpha value is -0.570. The Morgan fingerprint density at radius 2 is 2.12 bits per heavy atom. The van der Waals surface area contributed by atoms with Crippen molar-refractivity contribution in [3.05, 3.63) is 0 Å². The first-order valence-electron chi connectivity index (χ1n) is 2.70. The smallest absolute Gasteiger partial charge is 0.219 e. The predicted octanol–water partition coefficient (Wildman–Crippen LogP) is -0.647. The minimum absolute atomic E-state index is 0.203. The van der Waals surface area contributed by atoms with E-state index in [0.717, 1.165) is 12.8 Å². The summed E-state index contributed by atoms with van der Waals surface area (Å²) in [6, 6.07) is 0. The molecule has 0 saturated heterocycles. The maximum atomic E-state index is 10.2. The monoisotopic (exact) mass is 114 g/mol. The summed E-state index contributed by atoms with van der Waals surface area (Å²) in [5, 5.41) is 0. The minimum Gasteiger partial charge on any atom is -0.370 e. The molecule has 46 valence electrons. The Bertz CT molecular complexity index is 118. The zero-order valence-electron chi connectivity index (χ0n) is 4.68. The highest BCUT2D eigenvalue weighted by atomic mass is 16.1. The van der Waals surface area contributed by atoms with Gasteiger partial charge in [-0.3, -0.25) is 4.79 Å². The van der Waals surface area contributed by atoms with Gasteiger partial charge in [0.1, 0.15) is 0 Å². The topological polar surface area (TPSA) is 69.1 Å². The lowest BCUT2D eigenvalue weighted by molar-refractivity contribution is -0.118. The average molecular weight is 114 g/mol. The number of carbonyl (C=O) groups excluding carboxylic acids is 1. The highest BCUT2D eigenvalue weighted by molar-refractivity contribution is 5.75. The molecule has 0 aromatic carbocycles. The third-order valence-corrected chi connectivity index (χ3v) is 1.42. The van der Waals surface area contributed by atoms with Gasteiger partial charge in [0.25, 0.3) is 0 Å². The van der Waals surface area contributed by atoms with Gasteiger partial charge in [-0.25, -0.2) is 0 Å². The molecule has 3 heteroatoms. The number of hydrogen-bond donors (Lipinski definition) is 2. The number of carbonyl (C=O) groups is 1. The van der Waals surface area contributed by atoms with Crippen molar-refractivity contribution in [1.29, 1.82) is 0 Å². The van der Waals surface area contributed by atoms with E-state index in [4.69, 9.17) is 11.5 Å². The van der Waals surface area contributed by atoms with E-state index in [1.165, 1.54) is 0 Å². The fourth-order valence-electron chi connectivity index (χ4n) is 0.684. The second-order valence-electron chi connectivity index (χ2n) is 2.51. The highest BCUT2D eigenvalue weighted by Gasteiger charge is 2.39. The molecule has 0 atom stereocenters. The standard InChI is InChI=1S/C5H10N2O/c6-4(8)3-5(7)1-2-5/h1-3,7H2,(H2,6,8). The molecule has 8 heavy (non-hydrogen) atoms. The van der Waals surface area contributed by atoms with E-state index in [2.05, 4.69) is 0 Å². The molecule has 0 bridgehead atoms.